The zero-order chi connectivity index (χ0) is 26.2. The van der Waals surface area contributed by atoms with Crippen LogP contribution in [-0.2, 0) is 0 Å². The molecule has 0 saturated carbocycles. The molecule has 3 aromatic heterocycles. The van der Waals surface area contributed by atoms with Crippen molar-refractivity contribution in [1.29, 1.82) is 0 Å². The number of fused-ring (bicyclic) bond motifs is 1. The van der Waals surface area contributed by atoms with E-state index in [1.54, 1.807) is 16.9 Å². The van der Waals surface area contributed by atoms with Gasteiger partial charge in [-0.05, 0) is 64.1 Å². The molecule has 0 bridgehead atoms. The number of nitrogens with one attached hydrogen (secondary N) is 2. The van der Waals surface area contributed by atoms with Crippen LogP contribution in [0.2, 0.25) is 0 Å². The molecule has 8 nitrogen and oxygen atoms in total. The summed E-state index contributed by atoms with van der Waals surface area (Å²) in [6.45, 7) is 6.14. The first kappa shape index (κ1) is 25.0. The summed E-state index contributed by atoms with van der Waals surface area (Å²) < 4.78 is 44.4. The van der Waals surface area contributed by atoms with Crippen LogP contribution in [0.15, 0.2) is 47.0 Å². The molecule has 1 aromatic carbocycles. The predicted octanol–water partition coefficient (Wildman–Crippen LogP) is 5.43. The Bertz CT molecular complexity index is 1440. The molecule has 2 amide bonds. The summed E-state index contributed by atoms with van der Waals surface area (Å²) in [5, 5.41) is 9.54. The van der Waals surface area contributed by atoms with E-state index < -0.39 is 24.5 Å². The maximum absolute atomic E-state index is 13.3. The summed E-state index contributed by atoms with van der Waals surface area (Å²) in [7, 11) is 0. The summed E-state index contributed by atoms with van der Waals surface area (Å²) >= 11 is 0. The lowest BCUT2D eigenvalue weighted by molar-refractivity contribution is -0.123. The molecular weight excluding hydrogens is 475 g/mol. The number of halogens is 3. The average molecular weight is 499 g/mol. The maximum atomic E-state index is 13.3. The molecule has 0 unspecified atom stereocenters. The van der Waals surface area contributed by atoms with E-state index in [1.807, 2.05) is 39.1 Å². The molecule has 0 aliphatic heterocycles. The molecule has 0 aliphatic carbocycles. The van der Waals surface area contributed by atoms with Gasteiger partial charge in [-0.25, -0.2) is 9.67 Å². The zero-order valence-electron chi connectivity index (χ0n) is 20.0. The molecule has 11 heteroatoms. The Morgan fingerprint density at radius 2 is 1.78 bits per heavy atom. The maximum Gasteiger partial charge on any atom is 0.405 e. The average Bonchev–Trinajstić information content (AvgIpc) is 3.39. The first-order valence-corrected chi connectivity index (χ1v) is 11.1. The molecule has 4 aromatic rings. The molecule has 0 spiro atoms. The minimum Gasteiger partial charge on any atom is -0.466 e. The molecule has 36 heavy (non-hydrogen) atoms. The molecule has 4 rings (SSSR count). The van der Waals surface area contributed by atoms with E-state index in [9.17, 15) is 22.8 Å². The van der Waals surface area contributed by atoms with Crippen molar-refractivity contribution in [3.63, 3.8) is 0 Å². The quantitative estimate of drug-likeness (QED) is 0.368. The third kappa shape index (κ3) is 5.24. The summed E-state index contributed by atoms with van der Waals surface area (Å²) in [6, 6.07) is 9.09. The number of pyridine rings is 1. The molecule has 0 aliphatic rings. The van der Waals surface area contributed by atoms with Crippen LogP contribution in [0.3, 0.4) is 0 Å². The number of aromatic nitrogens is 3. The number of rotatable bonds is 6. The minimum absolute atomic E-state index is 0.00406. The van der Waals surface area contributed by atoms with Crippen molar-refractivity contribution in [2.75, 3.05) is 11.9 Å². The third-order valence-electron chi connectivity index (χ3n) is 5.47. The van der Waals surface area contributed by atoms with Crippen molar-refractivity contribution >= 4 is 28.5 Å². The third-order valence-corrected chi connectivity index (χ3v) is 5.47. The summed E-state index contributed by atoms with van der Waals surface area (Å²) in [5.74, 6) is 0.0875. The second-order valence-corrected chi connectivity index (χ2v) is 8.63. The summed E-state index contributed by atoms with van der Waals surface area (Å²) in [5.41, 5.74) is 2.60. The topological polar surface area (TPSA) is 102 Å². The molecule has 3 heterocycles. The highest BCUT2D eigenvalue weighted by Gasteiger charge is 2.28. The van der Waals surface area contributed by atoms with E-state index in [1.165, 1.54) is 24.3 Å². The van der Waals surface area contributed by atoms with E-state index in [4.69, 9.17) is 9.40 Å². The molecule has 2 N–H and O–H groups in total. The van der Waals surface area contributed by atoms with Gasteiger partial charge in [-0.15, -0.1) is 0 Å². The fourth-order valence-electron chi connectivity index (χ4n) is 3.79. The van der Waals surface area contributed by atoms with Gasteiger partial charge in [0.15, 0.2) is 5.65 Å². The van der Waals surface area contributed by atoms with Gasteiger partial charge in [-0.3, -0.25) is 9.59 Å². The predicted molar refractivity (Wildman–Crippen MR) is 128 cm³/mol. The lowest BCUT2D eigenvalue weighted by Crippen LogP contribution is -2.33. The molecule has 0 saturated heterocycles. The van der Waals surface area contributed by atoms with Gasteiger partial charge in [0.1, 0.15) is 18.1 Å². The van der Waals surface area contributed by atoms with Gasteiger partial charge in [-0.2, -0.15) is 18.3 Å². The number of amides is 2. The summed E-state index contributed by atoms with van der Waals surface area (Å²) in [4.78, 5) is 30.0. The van der Waals surface area contributed by atoms with Crippen LogP contribution in [-0.4, -0.2) is 39.3 Å². The zero-order valence-corrected chi connectivity index (χ0v) is 20.0. The van der Waals surface area contributed by atoms with E-state index in [2.05, 4.69) is 10.4 Å². The number of carbonyl (C=O) groups excluding carboxylic acids is 2. The number of carbonyl (C=O) groups is 2. The SMILES string of the molecule is Cc1cc(-c2cc(C(=O)Nc3ccc(C(=O)NCC(F)(F)F)cc3)c3cnn(C(C)C)c3n2)c(C)o1. The van der Waals surface area contributed by atoms with Crippen molar-refractivity contribution in [3.05, 3.63) is 65.2 Å². The van der Waals surface area contributed by atoms with Gasteiger partial charge < -0.3 is 15.1 Å². The Morgan fingerprint density at radius 1 is 1.08 bits per heavy atom. The number of hydrogen-bond acceptors (Lipinski definition) is 5. The highest BCUT2D eigenvalue weighted by atomic mass is 19.4. The fraction of sp³-hybridized carbons (Fsp3) is 0.280. The number of nitrogens with zero attached hydrogens (tertiary/aromatic N) is 3. The standard InChI is InChI=1S/C25H24F3N5O3/c1-13(2)33-22-20(11-30-33)19(10-21(32-22)18-9-14(3)36-15(18)4)24(35)31-17-7-5-16(6-8-17)23(34)29-12-25(26,27)28/h5-11,13H,12H2,1-4H3,(H,29,34)(H,31,35). The Labute approximate surface area is 204 Å². The van der Waals surface area contributed by atoms with Crippen molar-refractivity contribution in [1.82, 2.24) is 20.1 Å². The highest BCUT2D eigenvalue weighted by Crippen LogP contribution is 2.30. The van der Waals surface area contributed by atoms with Crippen LogP contribution in [0.4, 0.5) is 18.9 Å². The van der Waals surface area contributed by atoms with Gasteiger partial charge in [0, 0.05) is 22.9 Å². The van der Waals surface area contributed by atoms with Crippen molar-refractivity contribution in [2.24, 2.45) is 0 Å². The molecule has 0 fully saturated rings. The lowest BCUT2D eigenvalue weighted by Gasteiger charge is -2.11. The Kier molecular flexibility index (Phi) is 6.57. The Balaban J connectivity index is 1.64. The molecule has 0 atom stereocenters. The van der Waals surface area contributed by atoms with Gasteiger partial charge in [0.05, 0.1) is 22.8 Å². The Morgan fingerprint density at radius 3 is 2.36 bits per heavy atom. The summed E-state index contributed by atoms with van der Waals surface area (Å²) in [6.07, 6.45) is -2.92. The van der Waals surface area contributed by atoms with Crippen molar-refractivity contribution < 1.29 is 27.2 Å². The molecule has 188 valence electrons. The van der Waals surface area contributed by atoms with E-state index in [0.717, 1.165) is 5.56 Å². The number of hydrogen-bond donors (Lipinski definition) is 2. The van der Waals surface area contributed by atoms with Crippen LogP contribution in [0.1, 0.15) is 52.1 Å². The number of furan rings is 1. The van der Waals surface area contributed by atoms with Crippen molar-refractivity contribution in [3.8, 4) is 11.3 Å². The first-order chi connectivity index (χ1) is 16.9. The second kappa shape index (κ2) is 9.48. The first-order valence-electron chi connectivity index (χ1n) is 11.1. The number of anilines is 1. The van der Waals surface area contributed by atoms with Gasteiger partial charge in [0.25, 0.3) is 11.8 Å². The van der Waals surface area contributed by atoms with Crippen LogP contribution in [0, 0.1) is 13.8 Å². The molecule has 0 radical (unpaired) electrons. The van der Waals surface area contributed by atoms with E-state index >= 15 is 0 Å². The fourth-order valence-corrected chi connectivity index (χ4v) is 3.79. The van der Waals surface area contributed by atoms with Crippen LogP contribution >= 0.6 is 0 Å². The molecular formula is C25H24F3N5O3. The van der Waals surface area contributed by atoms with Crippen molar-refractivity contribution in [2.45, 2.75) is 39.9 Å². The lowest BCUT2D eigenvalue weighted by atomic mass is 10.1. The van der Waals surface area contributed by atoms with Gasteiger partial charge in [-0.1, -0.05) is 0 Å². The number of benzene rings is 1. The van der Waals surface area contributed by atoms with Crippen LogP contribution in [0.5, 0.6) is 0 Å². The monoisotopic (exact) mass is 499 g/mol. The number of aryl methyl sites for hydroxylation is 2. The smallest absolute Gasteiger partial charge is 0.405 e. The number of alkyl halides is 3. The van der Waals surface area contributed by atoms with E-state index in [0.29, 0.717) is 39.5 Å². The highest BCUT2D eigenvalue weighted by molar-refractivity contribution is 6.12. The Hall–Kier alpha value is -4.15. The van der Waals surface area contributed by atoms with E-state index in [-0.39, 0.29) is 11.6 Å². The van der Waals surface area contributed by atoms with Crippen LogP contribution < -0.4 is 10.6 Å². The minimum atomic E-state index is -4.50. The van der Waals surface area contributed by atoms with Crippen LogP contribution in [0.25, 0.3) is 22.3 Å². The normalized spacial score (nSPS) is 11.8. The largest absolute Gasteiger partial charge is 0.466 e. The second-order valence-electron chi connectivity index (χ2n) is 8.63. The van der Waals surface area contributed by atoms with Gasteiger partial charge in [0.2, 0.25) is 0 Å². The van der Waals surface area contributed by atoms with Gasteiger partial charge >= 0.3 is 6.18 Å².